The summed E-state index contributed by atoms with van der Waals surface area (Å²) in [4.78, 5) is 37.2. The van der Waals surface area contributed by atoms with Gasteiger partial charge in [-0.05, 0) is 26.7 Å². The molecule has 30 heavy (non-hydrogen) atoms. The van der Waals surface area contributed by atoms with Crippen LogP contribution in [0, 0.1) is 6.92 Å². The number of carbonyl (C=O) groups excluding carboxylic acids is 2. The molecule has 1 atom stereocenters. The number of carbonyl (C=O) groups is 2. The molecule has 0 aromatic carbocycles. The Bertz CT molecular complexity index is 728. The number of aromatic nitrogens is 1. The van der Waals surface area contributed by atoms with Gasteiger partial charge in [-0.3, -0.25) is 4.79 Å². The van der Waals surface area contributed by atoms with Crippen molar-refractivity contribution in [2.24, 2.45) is 4.99 Å². The van der Waals surface area contributed by atoms with Crippen molar-refractivity contribution in [2.75, 3.05) is 46.9 Å². The number of hydrogen-bond acceptors (Lipinski definition) is 6. The fourth-order valence-corrected chi connectivity index (χ4v) is 3.82. The maximum Gasteiger partial charge on any atom is 0.409 e. The second-order valence-corrected chi connectivity index (χ2v) is 8.92. The topological polar surface area (TPSA) is 99.2 Å². The molecule has 1 saturated heterocycles. The van der Waals surface area contributed by atoms with E-state index in [1.807, 2.05) is 20.0 Å². The second-order valence-electron chi connectivity index (χ2n) is 7.65. The number of nitrogens with one attached hydrogen (secondary N) is 2. The standard InChI is InChI=1S/C20H34N6O3S/c1-6-29-20(28)26-9-7-16(8-10-26)24-19(23-13-17(27)25(4)5)22-11-14(2)18-21-12-15(3)30-18/h12,14,16H,6-11,13H2,1-5H3,(H2,22,23,24). The van der Waals surface area contributed by atoms with Gasteiger partial charge in [-0.2, -0.15) is 0 Å². The van der Waals surface area contributed by atoms with Crippen molar-refractivity contribution >= 4 is 29.3 Å². The van der Waals surface area contributed by atoms with E-state index in [0.29, 0.717) is 32.2 Å². The van der Waals surface area contributed by atoms with Crippen LogP contribution in [0.1, 0.15) is 42.5 Å². The zero-order valence-corrected chi connectivity index (χ0v) is 19.4. The first kappa shape index (κ1) is 23.9. The number of amides is 2. The highest BCUT2D eigenvalue weighted by atomic mass is 32.1. The number of hydrogen-bond donors (Lipinski definition) is 2. The van der Waals surface area contributed by atoms with Crippen LogP contribution in [0.3, 0.4) is 0 Å². The number of ether oxygens (including phenoxy) is 1. The summed E-state index contributed by atoms with van der Waals surface area (Å²) >= 11 is 1.69. The molecule has 0 bridgehead atoms. The zero-order valence-electron chi connectivity index (χ0n) is 18.6. The predicted molar refractivity (Wildman–Crippen MR) is 119 cm³/mol. The van der Waals surface area contributed by atoms with Crippen molar-refractivity contribution < 1.29 is 14.3 Å². The van der Waals surface area contributed by atoms with Gasteiger partial charge in [-0.15, -0.1) is 11.3 Å². The molecule has 2 rings (SSSR count). The van der Waals surface area contributed by atoms with E-state index in [0.717, 1.165) is 17.8 Å². The van der Waals surface area contributed by atoms with Crippen LogP contribution in [-0.2, 0) is 9.53 Å². The molecule has 1 unspecified atom stereocenters. The number of aryl methyl sites for hydroxylation is 1. The molecule has 0 spiro atoms. The maximum atomic E-state index is 12.0. The van der Waals surface area contributed by atoms with Gasteiger partial charge < -0.3 is 25.2 Å². The first-order valence-corrected chi connectivity index (χ1v) is 11.2. The summed E-state index contributed by atoms with van der Waals surface area (Å²) in [6.07, 6.45) is 3.22. The van der Waals surface area contributed by atoms with E-state index in [4.69, 9.17) is 4.74 Å². The molecule has 1 aliphatic rings. The molecule has 0 saturated carbocycles. The summed E-state index contributed by atoms with van der Waals surface area (Å²) in [6.45, 7) is 8.37. The monoisotopic (exact) mass is 438 g/mol. The van der Waals surface area contributed by atoms with Crippen LogP contribution in [0.5, 0.6) is 0 Å². The molecule has 2 N–H and O–H groups in total. The third kappa shape index (κ3) is 7.47. The van der Waals surface area contributed by atoms with Crippen LogP contribution in [0.4, 0.5) is 4.79 Å². The smallest absolute Gasteiger partial charge is 0.409 e. The second kappa shape index (κ2) is 11.7. The minimum absolute atomic E-state index is 0.0585. The Labute approximate surface area is 182 Å². The summed E-state index contributed by atoms with van der Waals surface area (Å²) in [5.41, 5.74) is 0. The summed E-state index contributed by atoms with van der Waals surface area (Å²) in [6, 6.07) is 0.175. The maximum absolute atomic E-state index is 12.0. The van der Waals surface area contributed by atoms with Crippen LogP contribution < -0.4 is 10.6 Å². The fraction of sp³-hybridized carbons (Fsp3) is 0.700. The van der Waals surface area contributed by atoms with Crippen LogP contribution in [0.15, 0.2) is 11.2 Å². The molecule has 0 aliphatic carbocycles. The number of rotatable bonds is 7. The first-order chi connectivity index (χ1) is 14.3. The largest absolute Gasteiger partial charge is 0.450 e. The van der Waals surface area contributed by atoms with Crippen molar-refractivity contribution in [3.8, 4) is 0 Å². The Morgan fingerprint density at radius 2 is 2.10 bits per heavy atom. The molecule has 168 valence electrons. The van der Waals surface area contributed by atoms with E-state index in [1.54, 1.807) is 30.3 Å². The predicted octanol–water partition coefficient (Wildman–Crippen LogP) is 1.80. The number of thiazole rings is 1. The summed E-state index contributed by atoms with van der Waals surface area (Å²) in [7, 11) is 3.44. The van der Waals surface area contributed by atoms with Crippen molar-refractivity contribution in [1.29, 1.82) is 0 Å². The first-order valence-electron chi connectivity index (χ1n) is 10.4. The lowest BCUT2D eigenvalue weighted by Crippen LogP contribution is -2.50. The SMILES string of the molecule is CCOC(=O)N1CCC(NC(=NCC(=O)N(C)C)NCC(C)c2ncc(C)s2)CC1. The number of likely N-dealkylation sites (N-methyl/N-ethyl adjacent to an activating group) is 1. The van der Waals surface area contributed by atoms with Crippen LogP contribution in [0.2, 0.25) is 0 Å². The molecular weight excluding hydrogens is 404 g/mol. The number of nitrogens with zero attached hydrogens (tertiary/aromatic N) is 4. The van der Waals surface area contributed by atoms with Crippen molar-refractivity contribution in [3.63, 3.8) is 0 Å². The Morgan fingerprint density at radius 3 is 2.67 bits per heavy atom. The summed E-state index contributed by atoms with van der Waals surface area (Å²) in [5, 5.41) is 7.85. The van der Waals surface area contributed by atoms with E-state index < -0.39 is 0 Å². The van der Waals surface area contributed by atoms with Crippen LogP contribution in [0.25, 0.3) is 0 Å². The Balaban J connectivity index is 1.93. The molecule has 1 aromatic heterocycles. The number of piperidine rings is 1. The molecule has 9 nitrogen and oxygen atoms in total. The van der Waals surface area contributed by atoms with Crippen molar-refractivity contribution in [3.05, 3.63) is 16.1 Å². The van der Waals surface area contributed by atoms with Crippen molar-refractivity contribution in [1.82, 2.24) is 25.4 Å². The van der Waals surface area contributed by atoms with Crippen molar-refractivity contribution in [2.45, 2.75) is 45.6 Å². The van der Waals surface area contributed by atoms with Gasteiger partial charge in [0.25, 0.3) is 0 Å². The zero-order chi connectivity index (χ0) is 22.1. The van der Waals surface area contributed by atoms with Crippen LogP contribution in [-0.4, -0.2) is 85.7 Å². The van der Waals surface area contributed by atoms with Gasteiger partial charge in [0.05, 0.1) is 11.6 Å². The average molecular weight is 439 g/mol. The third-order valence-corrected chi connectivity index (χ3v) is 6.01. The lowest BCUT2D eigenvalue weighted by Gasteiger charge is -2.32. The molecule has 1 aromatic rings. The Morgan fingerprint density at radius 1 is 1.40 bits per heavy atom. The fourth-order valence-electron chi connectivity index (χ4n) is 2.99. The number of likely N-dealkylation sites (tertiary alicyclic amines) is 1. The van der Waals surface area contributed by atoms with E-state index in [1.165, 1.54) is 9.78 Å². The quantitative estimate of drug-likeness (QED) is 0.498. The van der Waals surface area contributed by atoms with E-state index in [-0.39, 0.29) is 30.5 Å². The minimum Gasteiger partial charge on any atom is -0.450 e. The van der Waals surface area contributed by atoms with E-state index in [9.17, 15) is 9.59 Å². The van der Waals surface area contributed by atoms with Gasteiger partial charge in [0, 0.05) is 56.8 Å². The minimum atomic E-state index is -0.257. The van der Waals surface area contributed by atoms with Gasteiger partial charge in [-0.1, -0.05) is 6.92 Å². The third-order valence-electron chi connectivity index (χ3n) is 4.87. The van der Waals surface area contributed by atoms with Gasteiger partial charge in [0.15, 0.2) is 5.96 Å². The van der Waals surface area contributed by atoms with Gasteiger partial charge in [-0.25, -0.2) is 14.8 Å². The van der Waals surface area contributed by atoms with Gasteiger partial charge in [0.1, 0.15) is 6.54 Å². The molecule has 10 heteroatoms. The lowest BCUT2D eigenvalue weighted by atomic mass is 10.1. The van der Waals surface area contributed by atoms with Gasteiger partial charge in [0.2, 0.25) is 5.91 Å². The molecular formula is C20H34N6O3S. The lowest BCUT2D eigenvalue weighted by molar-refractivity contribution is -0.127. The van der Waals surface area contributed by atoms with Gasteiger partial charge >= 0.3 is 6.09 Å². The Kier molecular flexibility index (Phi) is 9.35. The molecule has 2 amide bonds. The Hall–Kier alpha value is -2.36. The molecule has 2 heterocycles. The number of guanidine groups is 1. The highest BCUT2D eigenvalue weighted by Gasteiger charge is 2.24. The molecule has 1 fully saturated rings. The van der Waals surface area contributed by atoms with Crippen LogP contribution >= 0.6 is 11.3 Å². The highest BCUT2D eigenvalue weighted by molar-refractivity contribution is 7.11. The normalized spacial score (nSPS) is 16.2. The highest BCUT2D eigenvalue weighted by Crippen LogP contribution is 2.20. The molecule has 0 radical (unpaired) electrons. The number of aliphatic imine (C=N–C) groups is 1. The summed E-state index contributed by atoms with van der Waals surface area (Å²) < 4.78 is 5.08. The molecule has 1 aliphatic heterocycles. The average Bonchev–Trinajstić information content (AvgIpc) is 3.16. The van der Waals surface area contributed by atoms with E-state index in [2.05, 4.69) is 27.5 Å². The van der Waals surface area contributed by atoms with E-state index >= 15 is 0 Å². The summed E-state index contributed by atoms with van der Waals surface area (Å²) in [5.74, 6) is 0.780.